The molecule has 0 saturated heterocycles. The number of hydrogen-bond acceptors (Lipinski definition) is 2. The zero-order chi connectivity index (χ0) is 41.5. The standard InChI is InChI=1S/C60H42O2/c1-59(2)49-32-39(37-23-27-54-47(30-37)42-17-8-10-19-52(42)61-54)21-25-44(49)56-51(59)34-46(41-16-12-15-36(29-41)35-13-6-5-7-14-35)58-57(56)45-26-22-40(33-50(45)60(58,3)4)38-24-28-55-48(31-38)43-18-9-11-20-53(43)62-55/h5-34H,1-4H3. The van der Waals surface area contributed by atoms with Crippen LogP contribution in [0.2, 0.25) is 0 Å². The summed E-state index contributed by atoms with van der Waals surface area (Å²) in [6.07, 6.45) is 0. The molecule has 0 aliphatic heterocycles. The van der Waals surface area contributed by atoms with Crippen LogP contribution >= 0.6 is 0 Å². The van der Waals surface area contributed by atoms with Crippen molar-refractivity contribution >= 4 is 43.9 Å². The van der Waals surface area contributed by atoms with Crippen LogP contribution in [0.5, 0.6) is 0 Å². The Balaban J connectivity index is 1.02. The molecule has 0 atom stereocenters. The quantitative estimate of drug-likeness (QED) is 0.177. The van der Waals surface area contributed by atoms with Crippen molar-refractivity contribution in [1.82, 2.24) is 0 Å². The molecule has 62 heavy (non-hydrogen) atoms. The second-order valence-electron chi connectivity index (χ2n) is 18.4. The molecule has 0 N–H and O–H groups in total. The van der Waals surface area contributed by atoms with E-state index >= 15 is 0 Å². The van der Waals surface area contributed by atoms with Crippen LogP contribution < -0.4 is 0 Å². The van der Waals surface area contributed by atoms with E-state index in [0.717, 1.165) is 43.9 Å². The van der Waals surface area contributed by atoms with Gasteiger partial charge in [0.25, 0.3) is 0 Å². The normalized spacial score (nSPS) is 14.4. The van der Waals surface area contributed by atoms with Gasteiger partial charge in [0.05, 0.1) is 0 Å². The molecule has 0 bridgehead atoms. The molecule has 0 spiro atoms. The van der Waals surface area contributed by atoms with Gasteiger partial charge in [-0.3, -0.25) is 0 Å². The zero-order valence-corrected chi connectivity index (χ0v) is 35.1. The number of furan rings is 2. The van der Waals surface area contributed by atoms with Gasteiger partial charge in [-0.25, -0.2) is 0 Å². The van der Waals surface area contributed by atoms with E-state index in [9.17, 15) is 0 Å². The molecule has 0 amide bonds. The fourth-order valence-electron chi connectivity index (χ4n) is 11.1. The van der Waals surface area contributed by atoms with E-state index in [1.807, 2.05) is 12.1 Å². The minimum Gasteiger partial charge on any atom is -0.456 e. The summed E-state index contributed by atoms with van der Waals surface area (Å²) in [5.74, 6) is 0. The SMILES string of the molecule is CC1(C)c2cc(-c3ccc4oc5ccccc5c4c3)ccc2-c2c1cc(-c1cccc(-c3ccccc3)c1)c1c2-c2ccc(-c3ccc4oc5ccccc5c4c3)cc2C1(C)C. The third-order valence-corrected chi connectivity index (χ3v) is 14.3. The van der Waals surface area contributed by atoms with Crippen LogP contribution in [0.4, 0.5) is 0 Å². The van der Waals surface area contributed by atoms with Crippen molar-refractivity contribution in [2.75, 3.05) is 0 Å². The fraction of sp³-hybridized carbons (Fsp3) is 0.100. The first-order chi connectivity index (χ1) is 30.2. The Labute approximate surface area is 360 Å². The highest BCUT2D eigenvalue weighted by atomic mass is 16.3. The minimum atomic E-state index is -0.282. The molecule has 2 aliphatic rings. The molecule has 0 saturated carbocycles. The Morgan fingerprint density at radius 1 is 0.290 bits per heavy atom. The molecule has 0 radical (unpaired) electrons. The third kappa shape index (κ3) is 4.92. The Kier molecular flexibility index (Phi) is 7.16. The van der Waals surface area contributed by atoms with Gasteiger partial charge in [-0.05, 0) is 150 Å². The van der Waals surface area contributed by atoms with Crippen LogP contribution in [0.3, 0.4) is 0 Å². The first-order valence-electron chi connectivity index (χ1n) is 21.7. The van der Waals surface area contributed by atoms with Crippen molar-refractivity contribution in [2.45, 2.75) is 38.5 Å². The minimum absolute atomic E-state index is 0.246. The van der Waals surface area contributed by atoms with Gasteiger partial charge in [-0.2, -0.15) is 0 Å². The lowest BCUT2D eigenvalue weighted by atomic mass is 9.75. The van der Waals surface area contributed by atoms with E-state index < -0.39 is 0 Å². The van der Waals surface area contributed by atoms with Crippen LogP contribution in [0.1, 0.15) is 49.9 Å². The summed E-state index contributed by atoms with van der Waals surface area (Å²) in [6, 6.07) is 66.8. The molecule has 2 aliphatic carbocycles. The number of para-hydroxylation sites is 2. The molecule has 2 aromatic heterocycles. The van der Waals surface area contributed by atoms with Gasteiger partial charge in [0.15, 0.2) is 0 Å². The number of fused-ring (bicyclic) bond motifs is 13. The van der Waals surface area contributed by atoms with Gasteiger partial charge in [0, 0.05) is 32.4 Å². The largest absolute Gasteiger partial charge is 0.456 e. The lowest BCUT2D eigenvalue weighted by Crippen LogP contribution is -2.18. The van der Waals surface area contributed by atoms with Crippen molar-refractivity contribution in [3.63, 3.8) is 0 Å². The molecular formula is C60H42O2. The summed E-state index contributed by atoms with van der Waals surface area (Å²) in [5.41, 5.74) is 23.9. The predicted octanol–water partition coefficient (Wildman–Crippen LogP) is 16.8. The van der Waals surface area contributed by atoms with Crippen molar-refractivity contribution < 1.29 is 8.83 Å². The molecular weight excluding hydrogens is 753 g/mol. The van der Waals surface area contributed by atoms with Crippen molar-refractivity contribution in [1.29, 1.82) is 0 Å². The first kappa shape index (κ1) is 35.3. The van der Waals surface area contributed by atoms with E-state index in [0.29, 0.717) is 0 Å². The van der Waals surface area contributed by atoms with Crippen LogP contribution in [-0.4, -0.2) is 0 Å². The van der Waals surface area contributed by atoms with E-state index in [2.05, 4.69) is 198 Å². The summed E-state index contributed by atoms with van der Waals surface area (Å²) in [6.45, 7) is 9.71. The number of rotatable bonds is 4. The summed E-state index contributed by atoms with van der Waals surface area (Å²) in [7, 11) is 0. The topological polar surface area (TPSA) is 26.3 Å². The van der Waals surface area contributed by atoms with Crippen LogP contribution in [0.25, 0.3) is 111 Å². The van der Waals surface area contributed by atoms with Crippen LogP contribution in [-0.2, 0) is 10.8 Å². The predicted molar refractivity (Wildman–Crippen MR) is 258 cm³/mol. The Bertz CT molecular complexity index is 3680. The zero-order valence-electron chi connectivity index (χ0n) is 35.1. The van der Waals surface area contributed by atoms with Crippen LogP contribution in [0, 0.1) is 0 Å². The van der Waals surface area contributed by atoms with Crippen LogP contribution in [0.15, 0.2) is 191 Å². The maximum absolute atomic E-state index is 6.23. The highest BCUT2D eigenvalue weighted by molar-refractivity contribution is 6.08. The smallest absolute Gasteiger partial charge is 0.135 e. The van der Waals surface area contributed by atoms with Gasteiger partial charge < -0.3 is 8.83 Å². The lowest BCUT2D eigenvalue weighted by Gasteiger charge is -2.28. The van der Waals surface area contributed by atoms with Gasteiger partial charge in [0.1, 0.15) is 22.3 Å². The van der Waals surface area contributed by atoms with Gasteiger partial charge in [0.2, 0.25) is 0 Å². The Morgan fingerprint density at radius 2 is 0.758 bits per heavy atom. The van der Waals surface area contributed by atoms with Crippen molar-refractivity contribution in [2.24, 2.45) is 0 Å². The van der Waals surface area contributed by atoms with E-state index in [-0.39, 0.29) is 10.8 Å². The fourth-order valence-corrected chi connectivity index (χ4v) is 11.1. The van der Waals surface area contributed by atoms with E-state index in [4.69, 9.17) is 8.83 Å². The average Bonchev–Trinajstić information content (AvgIpc) is 4.00. The molecule has 2 heterocycles. The third-order valence-electron chi connectivity index (χ3n) is 14.3. The Morgan fingerprint density at radius 3 is 1.39 bits per heavy atom. The highest BCUT2D eigenvalue weighted by Gasteiger charge is 2.45. The molecule has 294 valence electrons. The highest BCUT2D eigenvalue weighted by Crippen LogP contribution is 2.62. The second-order valence-corrected chi connectivity index (χ2v) is 18.4. The lowest BCUT2D eigenvalue weighted by molar-refractivity contribution is 0.652. The summed E-state index contributed by atoms with van der Waals surface area (Å²) < 4.78 is 12.4. The number of benzene rings is 9. The van der Waals surface area contributed by atoms with E-state index in [1.54, 1.807) is 0 Å². The van der Waals surface area contributed by atoms with Crippen molar-refractivity contribution in [3.05, 3.63) is 204 Å². The van der Waals surface area contributed by atoms with E-state index in [1.165, 1.54) is 89.0 Å². The maximum Gasteiger partial charge on any atom is 0.135 e. The van der Waals surface area contributed by atoms with Gasteiger partial charge in [-0.15, -0.1) is 0 Å². The number of hydrogen-bond donors (Lipinski definition) is 0. The monoisotopic (exact) mass is 794 g/mol. The average molecular weight is 795 g/mol. The first-order valence-corrected chi connectivity index (χ1v) is 21.7. The van der Waals surface area contributed by atoms with Crippen molar-refractivity contribution in [3.8, 4) is 66.8 Å². The summed E-state index contributed by atoms with van der Waals surface area (Å²) >= 11 is 0. The molecule has 2 nitrogen and oxygen atoms in total. The summed E-state index contributed by atoms with van der Waals surface area (Å²) in [5, 5.41) is 4.60. The molecule has 13 rings (SSSR count). The molecule has 9 aromatic carbocycles. The molecule has 0 fully saturated rings. The summed E-state index contributed by atoms with van der Waals surface area (Å²) in [4.78, 5) is 0. The molecule has 11 aromatic rings. The Hall–Kier alpha value is -7.42. The van der Waals surface area contributed by atoms with Gasteiger partial charge in [-0.1, -0.05) is 149 Å². The molecule has 0 unspecified atom stereocenters. The second kappa shape index (κ2) is 12.6. The maximum atomic E-state index is 6.23. The molecule has 2 heteroatoms. The van der Waals surface area contributed by atoms with Gasteiger partial charge >= 0.3 is 0 Å².